The molecule has 2 rings (SSSR count). The summed E-state index contributed by atoms with van der Waals surface area (Å²) in [4.78, 5) is 3.93. The number of hydrogen-bond donors (Lipinski definition) is 1. The first-order chi connectivity index (χ1) is 8.82. The largest absolute Gasteiger partial charge is 0.416 e. The van der Waals surface area contributed by atoms with Crippen molar-refractivity contribution >= 4 is 5.82 Å². The molecule has 0 bridgehead atoms. The van der Waals surface area contributed by atoms with Crippen LogP contribution in [0.2, 0.25) is 0 Å². The highest BCUT2D eigenvalue weighted by atomic mass is 19.4. The van der Waals surface area contributed by atoms with Crippen molar-refractivity contribution in [3.63, 3.8) is 0 Å². The molecule has 2 aromatic rings. The van der Waals surface area contributed by atoms with Gasteiger partial charge in [-0.2, -0.15) is 13.2 Å². The molecule has 19 heavy (non-hydrogen) atoms. The second kappa shape index (κ2) is 4.56. The summed E-state index contributed by atoms with van der Waals surface area (Å²) in [5.41, 5.74) is 4.85. The highest BCUT2D eigenvalue weighted by Gasteiger charge is 2.31. The topological polar surface area (TPSA) is 43.8 Å². The summed E-state index contributed by atoms with van der Waals surface area (Å²) < 4.78 is 52.7. The molecule has 1 aromatic heterocycles. The van der Waals surface area contributed by atoms with Gasteiger partial charge in [-0.05, 0) is 25.1 Å². The molecule has 7 heteroatoms. The van der Waals surface area contributed by atoms with Gasteiger partial charge in [-0.25, -0.2) is 9.37 Å². The smallest absolute Gasteiger partial charge is 0.383 e. The zero-order chi connectivity index (χ0) is 14.2. The van der Waals surface area contributed by atoms with E-state index in [0.717, 1.165) is 12.1 Å². The van der Waals surface area contributed by atoms with Gasteiger partial charge in [-0.1, -0.05) is 0 Å². The van der Waals surface area contributed by atoms with Gasteiger partial charge in [-0.3, -0.25) is 0 Å². The zero-order valence-electron chi connectivity index (χ0n) is 10.0. The van der Waals surface area contributed by atoms with Crippen LogP contribution in [0.1, 0.15) is 12.5 Å². The van der Waals surface area contributed by atoms with Gasteiger partial charge in [0.15, 0.2) is 0 Å². The lowest BCUT2D eigenvalue weighted by Gasteiger charge is -2.09. The van der Waals surface area contributed by atoms with Gasteiger partial charge in [0, 0.05) is 12.1 Å². The minimum Gasteiger partial charge on any atom is -0.383 e. The lowest BCUT2D eigenvalue weighted by molar-refractivity contribution is -0.137. The van der Waals surface area contributed by atoms with Crippen molar-refractivity contribution < 1.29 is 17.6 Å². The van der Waals surface area contributed by atoms with Crippen molar-refractivity contribution in [2.24, 2.45) is 0 Å². The summed E-state index contributed by atoms with van der Waals surface area (Å²) in [6, 6.07) is 2.26. The number of aromatic nitrogens is 2. The fourth-order valence-corrected chi connectivity index (χ4v) is 1.76. The van der Waals surface area contributed by atoms with E-state index < -0.39 is 17.6 Å². The van der Waals surface area contributed by atoms with Crippen molar-refractivity contribution in [3.05, 3.63) is 35.9 Å². The maximum absolute atomic E-state index is 13.3. The Labute approximate surface area is 106 Å². The Bertz CT molecular complexity index is 602. The summed E-state index contributed by atoms with van der Waals surface area (Å²) in [5, 5.41) is 0. The molecule has 0 aliphatic carbocycles. The Hall–Kier alpha value is -2.05. The van der Waals surface area contributed by atoms with Gasteiger partial charge in [0.1, 0.15) is 17.3 Å². The van der Waals surface area contributed by atoms with Gasteiger partial charge in [0.25, 0.3) is 0 Å². The van der Waals surface area contributed by atoms with Gasteiger partial charge in [0.05, 0.1) is 11.9 Å². The first kappa shape index (κ1) is 13.4. The van der Waals surface area contributed by atoms with Crippen LogP contribution in [0.3, 0.4) is 0 Å². The number of nitrogens with two attached hydrogens (primary N) is 1. The molecule has 0 fully saturated rings. The number of rotatable bonds is 2. The third-order valence-electron chi connectivity index (χ3n) is 2.72. The van der Waals surface area contributed by atoms with Crippen LogP contribution in [0.4, 0.5) is 23.4 Å². The predicted octanol–water partition coefficient (Wildman–Crippen LogP) is 3.31. The molecule has 0 saturated carbocycles. The number of nitrogen functional groups attached to an aromatic ring is 1. The SMILES string of the molecule is CCn1cnc(-c2cc(F)cc(C(F)(F)F)c2)c1N. The fraction of sp³-hybridized carbons (Fsp3) is 0.250. The zero-order valence-corrected chi connectivity index (χ0v) is 10.0. The second-order valence-corrected chi connectivity index (χ2v) is 3.99. The third-order valence-corrected chi connectivity index (χ3v) is 2.72. The normalized spacial score (nSPS) is 11.8. The number of halogens is 4. The summed E-state index contributed by atoms with van der Waals surface area (Å²) in [5.74, 6) is -0.767. The summed E-state index contributed by atoms with van der Waals surface area (Å²) >= 11 is 0. The first-order valence-electron chi connectivity index (χ1n) is 5.51. The molecule has 0 amide bonds. The minimum atomic E-state index is -4.61. The molecule has 102 valence electrons. The molecule has 0 aliphatic heterocycles. The molecule has 0 spiro atoms. The molecule has 0 saturated heterocycles. The number of imidazole rings is 1. The quantitative estimate of drug-likeness (QED) is 0.853. The maximum atomic E-state index is 13.3. The van der Waals surface area contributed by atoms with Crippen molar-refractivity contribution in [2.45, 2.75) is 19.6 Å². The number of nitrogens with zero attached hydrogens (tertiary/aromatic N) is 2. The average Bonchev–Trinajstić information content (AvgIpc) is 2.68. The molecular formula is C12H11F4N3. The third kappa shape index (κ3) is 2.54. The van der Waals surface area contributed by atoms with Gasteiger partial charge >= 0.3 is 6.18 Å². The first-order valence-corrected chi connectivity index (χ1v) is 5.51. The van der Waals surface area contributed by atoms with E-state index in [-0.39, 0.29) is 17.1 Å². The number of aryl methyl sites for hydroxylation is 1. The standard InChI is InChI=1S/C12H11F4N3/c1-2-19-6-18-10(11(19)17)7-3-8(12(14,15)16)5-9(13)4-7/h3-6H,2,17H2,1H3. The molecule has 0 unspecified atom stereocenters. The van der Waals surface area contributed by atoms with Crippen LogP contribution < -0.4 is 5.73 Å². The number of hydrogen-bond acceptors (Lipinski definition) is 2. The number of anilines is 1. The van der Waals surface area contributed by atoms with Crippen LogP contribution >= 0.6 is 0 Å². The van der Waals surface area contributed by atoms with Gasteiger partial charge in [-0.15, -0.1) is 0 Å². The van der Waals surface area contributed by atoms with E-state index in [1.165, 1.54) is 6.33 Å². The highest BCUT2D eigenvalue weighted by Crippen LogP contribution is 2.34. The lowest BCUT2D eigenvalue weighted by atomic mass is 10.1. The molecular weight excluding hydrogens is 262 g/mol. The van der Waals surface area contributed by atoms with Crippen LogP contribution in [0.25, 0.3) is 11.3 Å². The average molecular weight is 273 g/mol. The molecule has 0 atom stereocenters. The summed E-state index contributed by atoms with van der Waals surface area (Å²) in [6.07, 6.45) is -3.21. The Morgan fingerprint density at radius 2 is 1.95 bits per heavy atom. The van der Waals surface area contributed by atoms with Crippen molar-refractivity contribution in [3.8, 4) is 11.3 Å². The van der Waals surface area contributed by atoms with E-state index in [2.05, 4.69) is 4.98 Å². The van der Waals surface area contributed by atoms with Crippen molar-refractivity contribution in [2.75, 3.05) is 5.73 Å². The van der Waals surface area contributed by atoms with Crippen LogP contribution in [0.5, 0.6) is 0 Å². The summed E-state index contributed by atoms with van der Waals surface area (Å²) in [6.45, 7) is 2.34. The van der Waals surface area contributed by atoms with Crippen molar-refractivity contribution in [1.29, 1.82) is 0 Å². The molecule has 0 radical (unpaired) electrons. The molecule has 1 heterocycles. The van der Waals surface area contributed by atoms with Crippen LogP contribution in [0.15, 0.2) is 24.5 Å². The lowest BCUT2D eigenvalue weighted by Crippen LogP contribution is -2.06. The molecule has 1 aromatic carbocycles. The van der Waals surface area contributed by atoms with E-state index in [4.69, 9.17) is 5.73 Å². The molecule has 3 nitrogen and oxygen atoms in total. The minimum absolute atomic E-state index is 0.0111. The Balaban J connectivity index is 2.56. The van der Waals surface area contributed by atoms with E-state index in [1.54, 1.807) is 4.57 Å². The van der Waals surface area contributed by atoms with E-state index >= 15 is 0 Å². The monoisotopic (exact) mass is 273 g/mol. The predicted molar refractivity (Wildman–Crippen MR) is 62.7 cm³/mol. The second-order valence-electron chi connectivity index (χ2n) is 3.99. The highest BCUT2D eigenvalue weighted by molar-refractivity contribution is 5.71. The number of alkyl halides is 3. The molecule has 0 aliphatic rings. The van der Waals surface area contributed by atoms with Gasteiger partial charge < -0.3 is 10.3 Å². The maximum Gasteiger partial charge on any atom is 0.416 e. The summed E-state index contributed by atoms with van der Waals surface area (Å²) in [7, 11) is 0. The fourth-order valence-electron chi connectivity index (χ4n) is 1.76. The Kier molecular flexibility index (Phi) is 3.21. The van der Waals surface area contributed by atoms with E-state index in [1.807, 2.05) is 6.92 Å². The molecule has 2 N–H and O–H groups in total. The van der Waals surface area contributed by atoms with Gasteiger partial charge in [0.2, 0.25) is 0 Å². The van der Waals surface area contributed by atoms with E-state index in [9.17, 15) is 17.6 Å². The van der Waals surface area contributed by atoms with E-state index in [0.29, 0.717) is 12.6 Å². The Morgan fingerprint density at radius 3 is 2.47 bits per heavy atom. The van der Waals surface area contributed by atoms with Crippen LogP contribution in [0, 0.1) is 5.82 Å². The van der Waals surface area contributed by atoms with Crippen LogP contribution in [-0.4, -0.2) is 9.55 Å². The van der Waals surface area contributed by atoms with Crippen molar-refractivity contribution in [1.82, 2.24) is 9.55 Å². The Morgan fingerprint density at radius 1 is 1.26 bits per heavy atom. The number of benzene rings is 1. The van der Waals surface area contributed by atoms with Crippen LogP contribution in [-0.2, 0) is 12.7 Å².